The lowest BCUT2D eigenvalue weighted by Gasteiger charge is -2.34. The van der Waals surface area contributed by atoms with Crippen molar-refractivity contribution in [2.24, 2.45) is 0 Å². The topological polar surface area (TPSA) is 87.1 Å². The molecule has 1 aromatic heterocycles. The first-order chi connectivity index (χ1) is 13.1. The number of benzene rings is 2. The second-order valence-electron chi connectivity index (χ2n) is 6.63. The maximum absolute atomic E-state index is 12.3. The summed E-state index contributed by atoms with van der Waals surface area (Å²) in [5.74, 6) is 0. The molecule has 1 aliphatic rings. The van der Waals surface area contributed by atoms with Crippen molar-refractivity contribution in [1.82, 2.24) is 15.5 Å². The van der Waals surface area contributed by atoms with E-state index >= 15 is 0 Å². The second kappa shape index (κ2) is 7.46. The molecule has 0 bridgehead atoms. The molecule has 4 rings (SSSR count). The molecule has 3 N–H and O–H groups in total. The number of nitrogens with zero attached hydrogens (tertiary/aromatic N) is 2. The highest BCUT2D eigenvalue weighted by molar-refractivity contribution is 7.18. The lowest BCUT2D eigenvalue weighted by Crippen LogP contribution is -2.44. The van der Waals surface area contributed by atoms with E-state index in [0.717, 1.165) is 34.5 Å². The van der Waals surface area contributed by atoms with Crippen molar-refractivity contribution in [3.05, 3.63) is 65.7 Å². The molecule has 0 aliphatic heterocycles. The van der Waals surface area contributed by atoms with Crippen LogP contribution in [0.25, 0.3) is 10.6 Å². The van der Waals surface area contributed by atoms with Gasteiger partial charge in [-0.1, -0.05) is 65.9 Å². The maximum Gasteiger partial charge on any atom is 0.321 e. The van der Waals surface area contributed by atoms with E-state index in [-0.39, 0.29) is 6.54 Å². The number of aliphatic hydroxyl groups is 1. The lowest BCUT2D eigenvalue weighted by atomic mass is 9.79. The number of urea groups is 1. The highest BCUT2D eigenvalue weighted by atomic mass is 32.1. The summed E-state index contributed by atoms with van der Waals surface area (Å²) >= 11 is 1.31. The van der Waals surface area contributed by atoms with Crippen molar-refractivity contribution < 1.29 is 9.90 Å². The van der Waals surface area contributed by atoms with Crippen molar-refractivity contribution >= 4 is 22.5 Å². The molecule has 6 nitrogen and oxygen atoms in total. The molecule has 3 aromatic rings. The molecule has 0 fully saturated rings. The van der Waals surface area contributed by atoms with Crippen LogP contribution in [0.4, 0.5) is 9.93 Å². The first-order valence-corrected chi connectivity index (χ1v) is 9.70. The summed E-state index contributed by atoms with van der Waals surface area (Å²) in [4.78, 5) is 12.3. The molecule has 0 spiro atoms. The Balaban J connectivity index is 1.39. The minimum atomic E-state index is -1.04. The number of nitrogens with one attached hydrogen (secondary N) is 2. The number of aromatic nitrogens is 2. The molecule has 27 heavy (non-hydrogen) atoms. The molecule has 7 heteroatoms. The molecule has 0 radical (unpaired) electrons. The lowest BCUT2D eigenvalue weighted by molar-refractivity contribution is 0.0221. The van der Waals surface area contributed by atoms with Crippen molar-refractivity contribution in [3.8, 4) is 10.6 Å². The van der Waals surface area contributed by atoms with Crippen LogP contribution in [0.15, 0.2) is 54.6 Å². The van der Waals surface area contributed by atoms with E-state index in [1.807, 2.05) is 54.6 Å². The highest BCUT2D eigenvalue weighted by Gasteiger charge is 2.34. The van der Waals surface area contributed by atoms with Gasteiger partial charge in [0.05, 0.1) is 6.54 Å². The monoisotopic (exact) mass is 380 g/mol. The van der Waals surface area contributed by atoms with Crippen LogP contribution in [0.3, 0.4) is 0 Å². The van der Waals surface area contributed by atoms with Gasteiger partial charge >= 0.3 is 6.03 Å². The van der Waals surface area contributed by atoms with Crippen LogP contribution in [0.2, 0.25) is 0 Å². The number of fused-ring (bicyclic) bond motifs is 1. The predicted molar refractivity (Wildman–Crippen MR) is 106 cm³/mol. The number of hydrogen-bond acceptors (Lipinski definition) is 5. The van der Waals surface area contributed by atoms with Gasteiger partial charge in [-0.2, -0.15) is 0 Å². The van der Waals surface area contributed by atoms with Gasteiger partial charge in [0, 0.05) is 5.56 Å². The second-order valence-corrected chi connectivity index (χ2v) is 7.61. The van der Waals surface area contributed by atoms with Gasteiger partial charge in [-0.3, -0.25) is 5.32 Å². The largest absolute Gasteiger partial charge is 0.383 e. The van der Waals surface area contributed by atoms with E-state index in [4.69, 9.17) is 0 Å². The number of amides is 2. The van der Waals surface area contributed by atoms with Crippen molar-refractivity contribution in [3.63, 3.8) is 0 Å². The van der Waals surface area contributed by atoms with Crippen LogP contribution in [-0.4, -0.2) is 27.9 Å². The molecular formula is C20H20N4O2S. The zero-order valence-corrected chi connectivity index (χ0v) is 15.5. The van der Waals surface area contributed by atoms with E-state index < -0.39 is 11.6 Å². The van der Waals surface area contributed by atoms with Gasteiger partial charge in [-0.05, 0) is 30.4 Å². The summed E-state index contributed by atoms with van der Waals surface area (Å²) in [6, 6.07) is 17.1. The Hall–Kier alpha value is -2.77. The summed E-state index contributed by atoms with van der Waals surface area (Å²) in [7, 11) is 0. The van der Waals surface area contributed by atoms with Gasteiger partial charge in [-0.15, -0.1) is 10.2 Å². The van der Waals surface area contributed by atoms with Crippen LogP contribution in [0.1, 0.15) is 24.0 Å². The molecular weight excluding hydrogens is 360 g/mol. The predicted octanol–water partition coefficient (Wildman–Crippen LogP) is 3.55. The van der Waals surface area contributed by atoms with E-state index in [1.165, 1.54) is 11.3 Å². The Kier molecular flexibility index (Phi) is 4.87. The average molecular weight is 380 g/mol. The zero-order chi connectivity index (χ0) is 18.7. The fourth-order valence-electron chi connectivity index (χ4n) is 3.42. The summed E-state index contributed by atoms with van der Waals surface area (Å²) in [6.07, 6.45) is 2.48. The first kappa shape index (κ1) is 17.6. The van der Waals surface area contributed by atoms with Gasteiger partial charge in [0.15, 0.2) is 0 Å². The summed E-state index contributed by atoms with van der Waals surface area (Å²) < 4.78 is 0. The number of carbonyl (C=O) groups excluding carboxylic acids is 1. The quantitative estimate of drug-likeness (QED) is 0.646. The van der Waals surface area contributed by atoms with Crippen molar-refractivity contribution in [1.29, 1.82) is 0 Å². The van der Waals surface area contributed by atoms with Crippen LogP contribution in [-0.2, 0) is 12.0 Å². The molecule has 0 saturated heterocycles. The van der Waals surface area contributed by atoms with E-state index in [2.05, 4.69) is 20.8 Å². The number of carbonyl (C=O) groups is 1. The number of anilines is 1. The molecule has 2 aromatic carbocycles. The van der Waals surface area contributed by atoms with Crippen LogP contribution in [0, 0.1) is 0 Å². The van der Waals surface area contributed by atoms with Gasteiger partial charge in [0.25, 0.3) is 0 Å². The van der Waals surface area contributed by atoms with Gasteiger partial charge < -0.3 is 10.4 Å². The molecule has 1 heterocycles. The smallest absolute Gasteiger partial charge is 0.321 e. The molecule has 138 valence electrons. The van der Waals surface area contributed by atoms with E-state index in [0.29, 0.717) is 11.6 Å². The van der Waals surface area contributed by atoms with Gasteiger partial charge in [-0.25, -0.2) is 4.79 Å². The van der Waals surface area contributed by atoms with E-state index in [1.54, 1.807) is 0 Å². The van der Waals surface area contributed by atoms with Crippen LogP contribution in [0.5, 0.6) is 0 Å². The average Bonchev–Trinajstić information content (AvgIpc) is 3.16. The van der Waals surface area contributed by atoms with Gasteiger partial charge in [0.1, 0.15) is 10.6 Å². The Morgan fingerprint density at radius 1 is 1.11 bits per heavy atom. The Labute approximate surface area is 161 Å². The first-order valence-electron chi connectivity index (χ1n) is 8.89. The standard InChI is InChI=1S/C20H20N4O2S/c25-18(22-19-24-23-17(27-19)15-8-2-1-3-9-15)21-13-20(26)12-6-10-14-7-4-5-11-16(14)20/h1-5,7-9,11,26H,6,10,12-13H2,(H2,21,22,24,25). The minimum absolute atomic E-state index is 0.153. The Morgan fingerprint density at radius 3 is 2.74 bits per heavy atom. The summed E-state index contributed by atoms with van der Waals surface area (Å²) in [5, 5.41) is 25.8. The van der Waals surface area contributed by atoms with Crippen LogP contribution < -0.4 is 10.6 Å². The number of hydrogen-bond donors (Lipinski definition) is 3. The summed E-state index contributed by atoms with van der Waals surface area (Å²) in [6.45, 7) is 0.153. The number of rotatable bonds is 4. The van der Waals surface area contributed by atoms with Crippen molar-refractivity contribution in [2.45, 2.75) is 24.9 Å². The third-order valence-electron chi connectivity index (χ3n) is 4.76. The maximum atomic E-state index is 12.3. The fraction of sp³-hybridized carbons (Fsp3) is 0.250. The van der Waals surface area contributed by atoms with E-state index in [9.17, 15) is 9.90 Å². The Morgan fingerprint density at radius 2 is 1.89 bits per heavy atom. The summed E-state index contributed by atoms with van der Waals surface area (Å²) in [5.41, 5.74) is 1.96. The Bertz CT molecular complexity index is 944. The van der Waals surface area contributed by atoms with Crippen LogP contribution >= 0.6 is 11.3 Å². The minimum Gasteiger partial charge on any atom is -0.383 e. The molecule has 0 saturated carbocycles. The molecule has 1 aliphatic carbocycles. The third kappa shape index (κ3) is 3.84. The molecule has 2 amide bonds. The van der Waals surface area contributed by atoms with Crippen molar-refractivity contribution in [2.75, 3.05) is 11.9 Å². The third-order valence-corrected chi connectivity index (χ3v) is 5.65. The molecule has 1 atom stereocenters. The normalized spacial score (nSPS) is 18.6. The molecule has 1 unspecified atom stereocenters. The number of aryl methyl sites for hydroxylation is 1. The SMILES string of the molecule is O=C(NCC1(O)CCCc2ccccc21)Nc1nnc(-c2ccccc2)s1. The fourth-order valence-corrected chi connectivity index (χ4v) is 4.16. The van der Waals surface area contributed by atoms with Gasteiger partial charge in [0.2, 0.25) is 5.13 Å². The zero-order valence-electron chi connectivity index (χ0n) is 14.7. The highest BCUT2D eigenvalue weighted by Crippen LogP contribution is 2.34.